The van der Waals surface area contributed by atoms with E-state index in [-0.39, 0.29) is 11.5 Å². The SMILES string of the molecule is CC(C)c1cc(O)cc(C(=O)CCN)c1. The van der Waals surface area contributed by atoms with Crippen LogP contribution in [0, 0.1) is 0 Å². The van der Waals surface area contributed by atoms with Gasteiger partial charge >= 0.3 is 0 Å². The summed E-state index contributed by atoms with van der Waals surface area (Å²) in [6, 6.07) is 5.00. The van der Waals surface area contributed by atoms with E-state index in [1.54, 1.807) is 6.07 Å². The average molecular weight is 207 g/mol. The number of ketones is 1. The van der Waals surface area contributed by atoms with Gasteiger partial charge in [0.15, 0.2) is 5.78 Å². The first-order valence-corrected chi connectivity index (χ1v) is 5.11. The lowest BCUT2D eigenvalue weighted by Gasteiger charge is -2.08. The number of carbonyl (C=O) groups is 1. The summed E-state index contributed by atoms with van der Waals surface area (Å²) in [6.07, 6.45) is 0.320. The quantitative estimate of drug-likeness (QED) is 0.743. The van der Waals surface area contributed by atoms with Gasteiger partial charge in [-0.2, -0.15) is 0 Å². The van der Waals surface area contributed by atoms with E-state index in [2.05, 4.69) is 0 Å². The van der Waals surface area contributed by atoms with Gasteiger partial charge in [-0.3, -0.25) is 4.79 Å². The predicted octanol–water partition coefficient (Wildman–Crippen LogP) is 2.05. The Morgan fingerprint density at radius 1 is 1.40 bits per heavy atom. The molecule has 0 heterocycles. The molecule has 0 fully saturated rings. The van der Waals surface area contributed by atoms with Crippen molar-refractivity contribution in [3.63, 3.8) is 0 Å². The van der Waals surface area contributed by atoms with Crippen molar-refractivity contribution >= 4 is 5.78 Å². The summed E-state index contributed by atoms with van der Waals surface area (Å²) < 4.78 is 0. The fraction of sp³-hybridized carbons (Fsp3) is 0.417. The summed E-state index contributed by atoms with van der Waals surface area (Å²) in [5, 5.41) is 9.48. The molecule has 0 saturated heterocycles. The topological polar surface area (TPSA) is 63.3 Å². The van der Waals surface area contributed by atoms with E-state index in [1.165, 1.54) is 6.07 Å². The van der Waals surface area contributed by atoms with Gasteiger partial charge in [-0.1, -0.05) is 13.8 Å². The van der Waals surface area contributed by atoms with Gasteiger partial charge < -0.3 is 10.8 Å². The smallest absolute Gasteiger partial charge is 0.164 e. The molecular weight excluding hydrogens is 190 g/mol. The lowest BCUT2D eigenvalue weighted by molar-refractivity contribution is 0.0985. The van der Waals surface area contributed by atoms with E-state index in [9.17, 15) is 9.90 Å². The normalized spacial score (nSPS) is 10.7. The molecule has 3 heteroatoms. The second-order valence-corrected chi connectivity index (χ2v) is 3.93. The van der Waals surface area contributed by atoms with Crippen LogP contribution < -0.4 is 5.73 Å². The molecule has 0 aliphatic rings. The third kappa shape index (κ3) is 3.06. The maximum atomic E-state index is 11.6. The molecule has 3 N–H and O–H groups in total. The third-order valence-corrected chi connectivity index (χ3v) is 2.30. The maximum Gasteiger partial charge on any atom is 0.164 e. The molecule has 0 spiro atoms. The summed E-state index contributed by atoms with van der Waals surface area (Å²) in [6.45, 7) is 4.38. The molecule has 3 nitrogen and oxygen atoms in total. The summed E-state index contributed by atoms with van der Waals surface area (Å²) >= 11 is 0. The first-order valence-electron chi connectivity index (χ1n) is 5.11. The van der Waals surface area contributed by atoms with E-state index in [1.807, 2.05) is 19.9 Å². The number of aromatic hydroxyl groups is 1. The minimum Gasteiger partial charge on any atom is -0.508 e. The van der Waals surface area contributed by atoms with Crippen LogP contribution in [-0.4, -0.2) is 17.4 Å². The Labute approximate surface area is 89.9 Å². The van der Waals surface area contributed by atoms with E-state index >= 15 is 0 Å². The maximum absolute atomic E-state index is 11.6. The summed E-state index contributed by atoms with van der Waals surface area (Å²) in [5.74, 6) is 0.415. The molecule has 1 rings (SSSR count). The average Bonchev–Trinajstić information content (AvgIpc) is 2.17. The molecule has 0 amide bonds. The first-order chi connectivity index (χ1) is 7.04. The van der Waals surface area contributed by atoms with E-state index in [0.717, 1.165) is 5.56 Å². The van der Waals surface area contributed by atoms with Crippen LogP contribution in [0.25, 0.3) is 0 Å². The lowest BCUT2D eigenvalue weighted by atomic mass is 9.98. The van der Waals surface area contributed by atoms with Gasteiger partial charge in [-0.25, -0.2) is 0 Å². The molecule has 0 aromatic heterocycles. The second kappa shape index (κ2) is 4.94. The Kier molecular flexibility index (Phi) is 3.86. The van der Waals surface area contributed by atoms with E-state index in [0.29, 0.717) is 24.4 Å². The number of phenols is 1. The van der Waals surface area contributed by atoms with Crippen molar-refractivity contribution < 1.29 is 9.90 Å². The van der Waals surface area contributed by atoms with E-state index in [4.69, 9.17) is 5.73 Å². The molecule has 82 valence electrons. The molecule has 1 aromatic rings. The molecule has 0 radical (unpaired) electrons. The molecule has 15 heavy (non-hydrogen) atoms. The zero-order chi connectivity index (χ0) is 11.4. The number of hydrogen-bond donors (Lipinski definition) is 2. The van der Waals surface area contributed by atoms with Crippen LogP contribution in [0.2, 0.25) is 0 Å². The first kappa shape index (κ1) is 11.7. The zero-order valence-corrected chi connectivity index (χ0v) is 9.16. The Bertz CT molecular complexity index is 359. The Hall–Kier alpha value is -1.35. The van der Waals surface area contributed by atoms with Gasteiger partial charge in [-0.05, 0) is 36.2 Å². The Morgan fingerprint density at radius 3 is 2.60 bits per heavy atom. The van der Waals surface area contributed by atoms with Crippen LogP contribution >= 0.6 is 0 Å². The van der Waals surface area contributed by atoms with Gasteiger partial charge in [0.05, 0.1) is 0 Å². The molecule has 0 unspecified atom stereocenters. The fourth-order valence-electron chi connectivity index (χ4n) is 1.40. The minimum atomic E-state index is -0.0182. The summed E-state index contributed by atoms with van der Waals surface area (Å²) in [7, 11) is 0. The number of carbonyl (C=O) groups excluding carboxylic acids is 1. The fourth-order valence-corrected chi connectivity index (χ4v) is 1.40. The van der Waals surface area contributed by atoms with Crippen LogP contribution in [0.15, 0.2) is 18.2 Å². The molecule has 0 saturated carbocycles. The lowest BCUT2D eigenvalue weighted by Crippen LogP contribution is -2.08. The molecule has 0 atom stereocenters. The van der Waals surface area contributed by atoms with Gasteiger partial charge in [0.25, 0.3) is 0 Å². The number of benzene rings is 1. The monoisotopic (exact) mass is 207 g/mol. The largest absolute Gasteiger partial charge is 0.508 e. The van der Waals surface area contributed by atoms with Crippen molar-refractivity contribution in [3.05, 3.63) is 29.3 Å². The summed E-state index contributed by atoms with van der Waals surface area (Å²) in [4.78, 5) is 11.6. The van der Waals surface area contributed by atoms with Crippen LogP contribution in [-0.2, 0) is 0 Å². The zero-order valence-electron chi connectivity index (χ0n) is 9.16. The molecular formula is C12H17NO2. The number of Topliss-reactive ketones (excluding diaryl/α,β-unsaturated/α-hetero) is 1. The van der Waals surface area contributed by atoms with Crippen molar-refractivity contribution in [2.75, 3.05) is 6.54 Å². The number of hydrogen-bond acceptors (Lipinski definition) is 3. The highest BCUT2D eigenvalue weighted by Gasteiger charge is 2.09. The predicted molar refractivity (Wildman–Crippen MR) is 60.2 cm³/mol. The standard InChI is InChI=1S/C12H17NO2/c1-8(2)9-5-10(7-11(14)6-9)12(15)3-4-13/h5-8,14H,3-4,13H2,1-2H3. The van der Waals surface area contributed by atoms with Crippen LogP contribution in [0.3, 0.4) is 0 Å². The van der Waals surface area contributed by atoms with Gasteiger partial charge in [0.2, 0.25) is 0 Å². The summed E-state index contributed by atoms with van der Waals surface area (Å²) in [5.41, 5.74) is 6.83. The number of rotatable bonds is 4. The van der Waals surface area contributed by atoms with Crippen molar-refractivity contribution in [1.29, 1.82) is 0 Å². The minimum absolute atomic E-state index is 0.0182. The van der Waals surface area contributed by atoms with Crippen LogP contribution in [0.5, 0.6) is 5.75 Å². The highest BCUT2D eigenvalue weighted by molar-refractivity contribution is 5.96. The second-order valence-electron chi connectivity index (χ2n) is 3.93. The van der Waals surface area contributed by atoms with Gasteiger partial charge in [0, 0.05) is 12.0 Å². The Morgan fingerprint density at radius 2 is 2.07 bits per heavy atom. The third-order valence-electron chi connectivity index (χ3n) is 2.30. The van der Waals surface area contributed by atoms with Crippen molar-refractivity contribution in [2.24, 2.45) is 5.73 Å². The highest BCUT2D eigenvalue weighted by Crippen LogP contribution is 2.22. The van der Waals surface area contributed by atoms with Crippen molar-refractivity contribution in [2.45, 2.75) is 26.2 Å². The Balaban J connectivity index is 3.03. The van der Waals surface area contributed by atoms with Gasteiger partial charge in [-0.15, -0.1) is 0 Å². The van der Waals surface area contributed by atoms with Crippen molar-refractivity contribution in [3.8, 4) is 5.75 Å². The van der Waals surface area contributed by atoms with Gasteiger partial charge in [0.1, 0.15) is 5.75 Å². The van der Waals surface area contributed by atoms with Crippen LogP contribution in [0.1, 0.15) is 42.1 Å². The number of phenolic OH excluding ortho intramolecular Hbond substituents is 1. The highest BCUT2D eigenvalue weighted by atomic mass is 16.3. The van der Waals surface area contributed by atoms with Crippen molar-refractivity contribution in [1.82, 2.24) is 0 Å². The molecule has 0 aliphatic heterocycles. The van der Waals surface area contributed by atoms with E-state index < -0.39 is 0 Å². The number of nitrogens with two attached hydrogens (primary N) is 1. The molecule has 0 aliphatic carbocycles. The molecule has 1 aromatic carbocycles. The molecule has 0 bridgehead atoms. The van der Waals surface area contributed by atoms with Crippen LogP contribution in [0.4, 0.5) is 0 Å².